The second-order valence-corrected chi connectivity index (χ2v) is 14.5. The van der Waals surface area contributed by atoms with Gasteiger partial charge in [0.15, 0.2) is 0 Å². The predicted molar refractivity (Wildman–Crippen MR) is 123 cm³/mol. The lowest BCUT2D eigenvalue weighted by atomic mass is 9.92. The number of esters is 3. The Balaban J connectivity index is 5.75. The van der Waals surface area contributed by atoms with Gasteiger partial charge in [-0.25, -0.2) is 4.79 Å². The standard InChI is InChI=1S/C19H29Br3O9/c1-16(2,20)13(25)29-9-19(8-28-7-12(23)24,10-30-14(26)17(3,4)21)11-31-15(27)18(5,6)22/h7-11H2,1-6H3,(H,23,24). The lowest BCUT2D eigenvalue weighted by Crippen LogP contribution is -2.46. The van der Waals surface area contributed by atoms with Crippen molar-refractivity contribution in [3.05, 3.63) is 0 Å². The van der Waals surface area contributed by atoms with Crippen molar-refractivity contribution in [2.75, 3.05) is 33.0 Å². The molecule has 0 aliphatic carbocycles. The number of carbonyl (C=O) groups excluding carboxylic acids is 3. The van der Waals surface area contributed by atoms with E-state index < -0.39 is 48.9 Å². The lowest BCUT2D eigenvalue weighted by molar-refractivity contribution is -0.171. The third-order valence-corrected chi connectivity index (χ3v) is 4.59. The van der Waals surface area contributed by atoms with Gasteiger partial charge in [-0.05, 0) is 41.5 Å². The molecule has 0 aromatic rings. The molecule has 0 spiro atoms. The molecule has 0 aromatic carbocycles. The van der Waals surface area contributed by atoms with Gasteiger partial charge in [-0.1, -0.05) is 47.8 Å². The highest BCUT2D eigenvalue weighted by molar-refractivity contribution is 9.10. The van der Waals surface area contributed by atoms with E-state index in [0.717, 1.165) is 0 Å². The zero-order chi connectivity index (χ0) is 24.7. The fourth-order valence-corrected chi connectivity index (χ4v) is 2.12. The van der Waals surface area contributed by atoms with E-state index in [1.807, 2.05) is 0 Å². The van der Waals surface area contributed by atoms with E-state index in [9.17, 15) is 19.2 Å². The Morgan fingerprint density at radius 1 is 0.645 bits per heavy atom. The van der Waals surface area contributed by atoms with Gasteiger partial charge in [0.25, 0.3) is 0 Å². The van der Waals surface area contributed by atoms with Gasteiger partial charge in [-0.2, -0.15) is 0 Å². The summed E-state index contributed by atoms with van der Waals surface area (Å²) in [6, 6.07) is 0. The minimum Gasteiger partial charge on any atom is -0.480 e. The van der Waals surface area contributed by atoms with E-state index in [0.29, 0.717) is 0 Å². The van der Waals surface area contributed by atoms with Crippen molar-refractivity contribution in [2.24, 2.45) is 5.41 Å². The first-order valence-electron chi connectivity index (χ1n) is 9.18. The summed E-state index contributed by atoms with van der Waals surface area (Å²) >= 11 is 9.58. The highest BCUT2D eigenvalue weighted by Crippen LogP contribution is 2.27. The number of ether oxygens (including phenoxy) is 4. The maximum absolute atomic E-state index is 12.3. The molecule has 0 heterocycles. The van der Waals surface area contributed by atoms with Crippen LogP contribution in [0.25, 0.3) is 0 Å². The number of alkyl halides is 3. The Kier molecular flexibility index (Phi) is 11.7. The van der Waals surface area contributed by atoms with Crippen molar-refractivity contribution in [2.45, 2.75) is 54.5 Å². The third-order valence-electron chi connectivity index (χ3n) is 3.62. The number of halogens is 3. The van der Waals surface area contributed by atoms with E-state index in [1.54, 1.807) is 41.5 Å². The van der Waals surface area contributed by atoms with Crippen LogP contribution in [-0.2, 0) is 38.1 Å². The summed E-state index contributed by atoms with van der Waals surface area (Å²) in [5.74, 6) is -3.07. The summed E-state index contributed by atoms with van der Waals surface area (Å²) in [5.41, 5.74) is -1.34. The van der Waals surface area contributed by atoms with Crippen LogP contribution >= 0.6 is 47.8 Å². The summed E-state index contributed by atoms with van der Waals surface area (Å²) in [6.45, 7) is 7.47. The average molecular weight is 641 g/mol. The SMILES string of the molecule is CC(C)(Br)C(=O)OCC(COCC(=O)O)(COC(=O)C(C)(C)Br)COC(=O)C(C)(C)Br. The minimum atomic E-state index is -1.34. The van der Waals surface area contributed by atoms with Crippen LogP contribution in [-0.4, -0.2) is 75.0 Å². The Bertz CT molecular complexity index is 584. The van der Waals surface area contributed by atoms with Crippen molar-refractivity contribution in [3.63, 3.8) is 0 Å². The fourth-order valence-electron chi connectivity index (χ4n) is 1.78. The van der Waals surface area contributed by atoms with E-state index in [1.165, 1.54) is 0 Å². The molecule has 0 aliphatic rings. The molecular weight excluding hydrogens is 612 g/mol. The first-order valence-corrected chi connectivity index (χ1v) is 11.6. The molecule has 180 valence electrons. The van der Waals surface area contributed by atoms with Crippen LogP contribution < -0.4 is 0 Å². The third kappa shape index (κ3) is 12.2. The normalized spacial score (nSPS) is 12.8. The molecule has 0 fully saturated rings. The van der Waals surface area contributed by atoms with Crippen LogP contribution in [0, 0.1) is 5.41 Å². The highest BCUT2D eigenvalue weighted by Gasteiger charge is 2.40. The number of hydrogen-bond donors (Lipinski definition) is 1. The second kappa shape index (κ2) is 11.9. The Labute approximate surface area is 207 Å². The molecule has 12 heteroatoms. The van der Waals surface area contributed by atoms with Crippen molar-refractivity contribution in [3.8, 4) is 0 Å². The topological polar surface area (TPSA) is 125 Å². The molecular formula is C19H29Br3O9. The summed E-state index contributed by atoms with van der Waals surface area (Å²) in [7, 11) is 0. The van der Waals surface area contributed by atoms with Crippen LogP contribution in [0.2, 0.25) is 0 Å². The summed E-state index contributed by atoms with van der Waals surface area (Å²) in [4.78, 5) is 47.6. The van der Waals surface area contributed by atoms with Gasteiger partial charge in [0.05, 0.1) is 12.0 Å². The summed E-state index contributed by atoms with van der Waals surface area (Å²) in [6.07, 6.45) is 0. The molecule has 0 bridgehead atoms. The number of aliphatic carboxylic acids is 1. The van der Waals surface area contributed by atoms with Gasteiger partial charge in [0.1, 0.15) is 39.4 Å². The monoisotopic (exact) mass is 638 g/mol. The molecule has 0 aromatic heterocycles. The highest BCUT2D eigenvalue weighted by atomic mass is 79.9. The zero-order valence-electron chi connectivity index (χ0n) is 18.4. The predicted octanol–water partition coefficient (Wildman–Crippen LogP) is 3.22. The van der Waals surface area contributed by atoms with Crippen LogP contribution in [0.5, 0.6) is 0 Å². The Morgan fingerprint density at radius 3 is 1.16 bits per heavy atom. The quantitative estimate of drug-likeness (QED) is 0.184. The van der Waals surface area contributed by atoms with E-state index >= 15 is 0 Å². The fraction of sp³-hybridized carbons (Fsp3) is 0.789. The maximum Gasteiger partial charge on any atom is 0.329 e. The van der Waals surface area contributed by atoms with Crippen molar-refractivity contribution in [1.82, 2.24) is 0 Å². The number of carboxylic acid groups (broad SMARTS) is 1. The van der Waals surface area contributed by atoms with Crippen LogP contribution in [0.1, 0.15) is 41.5 Å². The molecule has 0 radical (unpaired) electrons. The molecule has 9 nitrogen and oxygen atoms in total. The number of carboxylic acids is 1. The molecule has 31 heavy (non-hydrogen) atoms. The number of carbonyl (C=O) groups is 4. The van der Waals surface area contributed by atoms with Gasteiger partial charge in [-0.15, -0.1) is 0 Å². The second-order valence-electron chi connectivity index (χ2n) is 8.53. The molecule has 0 amide bonds. The largest absolute Gasteiger partial charge is 0.480 e. The van der Waals surface area contributed by atoms with Gasteiger partial charge < -0.3 is 24.1 Å². The molecule has 0 saturated heterocycles. The molecule has 0 saturated carbocycles. The molecule has 0 atom stereocenters. The zero-order valence-corrected chi connectivity index (χ0v) is 23.1. The van der Waals surface area contributed by atoms with Crippen LogP contribution in [0.4, 0.5) is 0 Å². The minimum absolute atomic E-state index is 0.318. The van der Waals surface area contributed by atoms with E-state index in [2.05, 4.69) is 47.8 Å². The van der Waals surface area contributed by atoms with Gasteiger partial charge >= 0.3 is 23.9 Å². The van der Waals surface area contributed by atoms with E-state index in [4.69, 9.17) is 24.1 Å². The van der Waals surface area contributed by atoms with Crippen molar-refractivity contribution < 1.29 is 43.2 Å². The smallest absolute Gasteiger partial charge is 0.329 e. The summed E-state index contributed by atoms with van der Waals surface area (Å²) < 4.78 is 18.3. The number of rotatable bonds is 13. The molecule has 0 rings (SSSR count). The van der Waals surface area contributed by atoms with Gasteiger partial charge in [-0.3, -0.25) is 14.4 Å². The lowest BCUT2D eigenvalue weighted by Gasteiger charge is -2.33. The maximum atomic E-state index is 12.3. The van der Waals surface area contributed by atoms with E-state index in [-0.39, 0.29) is 26.4 Å². The van der Waals surface area contributed by atoms with Crippen LogP contribution in [0.3, 0.4) is 0 Å². The Hall–Kier alpha value is -0.720. The van der Waals surface area contributed by atoms with Crippen molar-refractivity contribution in [1.29, 1.82) is 0 Å². The average Bonchev–Trinajstić information content (AvgIpc) is 2.58. The first kappa shape index (κ1) is 30.3. The first-order chi connectivity index (χ1) is 13.8. The summed E-state index contributed by atoms with van der Waals surface area (Å²) in [5, 5.41) is 8.89. The Morgan fingerprint density at radius 2 is 0.935 bits per heavy atom. The molecule has 0 unspecified atom stereocenters. The van der Waals surface area contributed by atoms with Gasteiger partial charge in [0.2, 0.25) is 0 Å². The van der Waals surface area contributed by atoms with Gasteiger partial charge in [0, 0.05) is 0 Å². The molecule has 1 N–H and O–H groups in total. The molecule has 0 aliphatic heterocycles. The van der Waals surface area contributed by atoms with Crippen LogP contribution in [0.15, 0.2) is 0 Å². The van der Waals surface area contributed by atoms with Crippen molar-refractivity contribution >= 4 is 71.7 Å². The number of hydrogen-bond acceptors (Lipinski definition) is 8.